The minimum Gasteiger partial charge on any atom is -0.0693 e. The van der Waals surface area contributed by atoms with E-state index in [1.54, 1.807) is 0 Å². The first kappa shape index (κ1) is 8.22. The van der Waals surface area contributed by atoms with Gasteiger partial charge in [-0.15, -0.1) is 0 Å². The lowest BCUT2D eigenvalue weighted by molar-refractivity contribution is 1.01. The Morgan fingerprint density at radius 3 is 2.00 bits per heavy atom. The van der Waals surface area contributed by atoms with Crippen molar-refractivity contribution in [3.8, 4) is 0 Å². The van der Waals surface area contributed by atoms with Crippen molar-refractivity contribution in [3.63, 3.8) is 0 Å². The van der Waals surface area contributed by atoms with E-state index >= 15 is 0 Å². The van der Waals surface area contributed by atoms with Crippen LogP contribution in [0.25, 0.3) is 0 Å². The van der Waals surface area contributed by atoms with E-state index in [4.69, 9.17) is 0 Å². The molecule has 0 N–H and O–H groups in total. The summed E-state index contributed by atoms with van der Waals surface area (Å²) in [5, 5.41) is 0. The summed E-state index contributed by atoms with van der Waals surface area (Å²) in [6, 6.07) is 2.44. The smallest absolute Gasteiger partial charge is 0.0473 e. The van der Waals surface area contributed by atoms with Crippen molar-refractivity contribution in [1.82, 2.24) is 0 Å². The molecule has 0 aliphatic carbocycles. The van der Waals surface area contributed by atoms with Crippen LogP contribution in [0.5, 0.6) is 0 Å². The second-order valence-electron chi connectivity index (χ2n) is 3.21. The van der Waals surface area contributed by atoms with Gasteiger partial charge in [-0.1, -0.05) is 39.4 Å². The molecule has 0 amide bonds. The minimum absolute atomic E-state index is 0.843. The summed E-state index contributed by atoms with van der Waals surface area (Å²) in [7, 11) is -0.843. The fourth-order valence-electron chi connectivity index (χ4n) is 0.535. The van der Waals surface area contributed by atoms with Crippen LogP contribution in [0.15, 0.2) is 0 Å². The molecule has 48 valence electrons. The van der Waals surface area contributed by atoms with Crippen molar-refractivity contribution in [2.24, 2.45) is 0 Å². The van der Waals surface area contributed by atoms with Crippen molar-refractivity contribution in [2.75, 3.05) is 0 Å². The molecule has 8 heavy (non-hydrogen) atoms. The van der Waals surface area contributed by atoms with E-state index in [9.17, 15) is 0 Å². The number of hydrogen-bond acceptors (Lipinski definition) is 0. The molecular weight excluding hydrogens is 112 g/mol. The molecule has 0 rings (SSSR count). The summed E-state index contributed by atoms with van der Waals surface area (Å²) < 4.78 is 0. The standard InChI is InChI=1S/C7H16Si/c1-5-6-7-8(2,3)4/h7H,1,5-6H2,2-4H3. The van der Waals surface area contributed by atoms with Crippen LogP contribution in [0, 0.1) is 13.0 Å². The third-order valence-corrected chi connectivity index (χ3v) is 2.47. The van der Waals surface area contributed by atoms with E-state index in [0.29, 0.717) is 0 Å². The topological polar surface area (TPSA) is 0 Å². The summed E-state index contributed by atoms with van der Waals surface area (Å²) in [6.45, 7) is 10.8. The van der Waals surface area contributed by atoms with E-state index in [2.05, 4.69) is 32.6 Å². The molecule has 0 spiro atoms. The maximum absolute atomic E-state index is 3.78. The van der Waals surface area contributed by atoms with E-state index in [0.717, 1.165) is 6.42 Å². The lowest BCUT2D eigenvalue weighted by atomic mass is 10.4. The van der Waals surface area contributed by atoms with E-state index in [-0.39, 0.29) is 0 Å². The Balaban J connectivity index is 3.11. The van der Waals surface area contributed by atoms with Crippen molar-refractivity contribution in [2.45, 2.75) is 32.5 Å². The normalized spacial score (nSPS) is 12.0. The summed E-state index contributed by atoms with van der Waals surface area (Å²) in [4.78, 5) is 0. The first-order valence-electron chi connectivity index (χ1n) is 3.20. The van der Waals surface area contributed by atoms with Crippen LogP contribution in [0.2, 0.25) is 19.6 Å². The van der Waals surface area contributed by atoms with Gasteiger partial charge < -0.3 is 0 Å². The molecule has 0 aromatic rings. The lowest BCUT2D eigenvalue weighted by Gasteiger charge is -2.13. The van der Waals surface area contributed by atoms with Gasteiger partial charge in [-0.05, 0) is 6.04 Å². The SMILES string of the molecule is [CH2]CC[CH][Si](C)(C)C. The van der Waals surface area contributed by atoms with Gasteiger partial charge in [0.2, 0.25) is 0 Å². The second kappa shape index (κ2) is 3.28. The van der Waals surface area contributed by atoms with Crippen LogP contribution in [0.3, 0.4) is 0 Å². The first-order valence-corrected chi connectivity index (χ1v) is 6.77. The largest absolute Gasteiger partial charge is 0.0693 e. The van der Waals surface area contributed by atoms with E-state index in [1.807, 2.05) is 0 Å². The van der Waals surface area contributed by atoms with Gasteiger partial charge in [0.25, 0.3) is 0 Å². The van der Waals surface area contributed by atoms with E-state index in [1.165, 1.54) is 6.42 Å². The molecule has 0 aromatic carbocycles. The molecule has 0 heterocycles. The zero-order valence-corrected chi connectivity index (χ0v) is 7.20. The monoisotopic (exact) mass is 128 g/mol. The summed E-state index contributed by atoms with van der Waals surface area (Å²) in [6.07, 6.45) is 2.26. The van der Waals surface area contributed by atoms with Crippen molar-refractivity contribution in [3.05, 3.63) is 13.0 Å². The van der Waals surface area contributed by atoms with Crippen LogP contribution in [0.4, 0.5) is 0 Å². The average molecular weight is 128 g/mol. The molecule has 1 heteroatoms. The van der Waals surface area contributed by atoms with Crippen LogP contribution >= 0.6 is 0 Å². The van der Waals surface area contributed by atoms with Gasteiger partial charge in [-0.2, -0.15) is 0 Å². The molecule has 0 saturated heterocycles. The zero-order valence-electron chi connectivity index (χ0n) is 6.20. The highest BCUT2D eigenvalue weighted by atomic mass is 28.3. The summed E-state index contributed by atoms with van der Waals surface area (Å²) in [5.74, 6) is 0. The minimum atomic E-state index is -0.843. The van der Waals surface area contributed by atoms with Gasteiger partial charge in [0, 0.05) is 8.07 Å². The molecule has 0 saturated carbocycles. The first-order chi connectivity index (χ1) is 3.56. The Morgan fingerprint density at radius 2 is 1.88 bits per heavy atom. The Kier molecular flexibility index (Phi) is 3.37. The maximum Gasteiger partial charge on any atom is 0.0473 e. The average Bonchev–Trinajstić information content (AvgIpc) is 1.59. The number of hydrogen-bond donors (Lipinski definition) is 0. The fraction of sp³-hybridized carbons (Fsp3) is 0.714. The highest BCUT2D eigenvalue weighted by molar-refractivity contribution is 6.79. The molecule has 0 aliphatic heterocycles. The van der Waals surface area contributed by atoms with Gasteiger partial charge in [0.15, 0.2) is 0 Å². The van der Waals surface area contributed by atoms with Crippen molar-refractivity contribution < 1.29 is 0 Å². The lowest BCUT2D eigenvalue weighted by Crippen LogP contribution is -2.20. The molecule has 0 bridgehead atoms. The predicted octanol–water partition coefficient (Wildman–Crippen LogP) is 2.68. The van der Waals surface area contributed by atoms with Crippen LogP contribution in [-0.2, 0) is 0 Å². The molecule has 0 atom stereocenters. The highest BCUT2D eigenvalue weighted by Crippen LogP contribution is 2.08. The van der Waals surface area contributed by atoms with Gasteiger partial charge in [0.05, 0.1) is 0 Å². The number of rotatable bonds is 3. The second-order valence-corrected chi connectivity index (χ2v) is 8.35. The zero-order chi connectivity index (χ0) is 6.62. The third kappa shape index (κ3) is 6.22. The summed E-state index contributed by atoms with van der Waals surface area (Å²) >= 11 is 0. The molecular formula is C7H16Si. The Morgan fingerprint density at radius 1 is 1.38 bits per heavy atom. The van der Waals surface area contributed by atoms with Gasteiger partial charge in [-0.3, -0.25) is 0 Å². The Bertz CT molecular complexity index is 51.9. The van der Waals surface area contributed by atoms with Gasteiger partial charge in [0.1, 0.15) is 0 Å². The molecule has 2 radical (unpaired) electrons. The predicted molar refractivity (Wildman–Crippen MR) is 42.2 cm³/mol. The van der Waals surface area contributed by atoms with Crippen molar-refractivity contribution in [1.29, 1.82) is 0 Å². The Labute approximate surface area is 54.3 Å². The molecule has 0 aliphatic rings. The van der Waals surface area contributed by atoms with Crippen LogP contribution in [-0.4, -0.2) is 8.07 Å². The van der Waals surface area contributed by atoms with Gasteiger partial charge >= 0.3 is 0 Å². The van der Waals surface area contributed by atoms with E-state index < -0.39 is 8.07 Å². The van der Waals surface area contributed by atoms with Crippen LogP contribution in [0.1, 0.15) is 12.8 Å². The van der Waals surface area contributed by atoms with Crippen molar-refractivity contribution >= 4 is 8.07 Å². The molecule has 0 aromatic heterocycles. The molecule has 0 unspecified atom stereocenters. The maximum atomic E-state index is 3.78. The Hall–Kier alpha value is 0.217. The fourth-order valence-corrected chi connectivity index (χ4v) is 1.61. The number of unbranched alkanes of at least 4 members (excludes halogenated alkanes) is 1. The molecule has 0 nitrogen and oxygen atoms in total. The third-order valence-electron chi connectivity index (χ3n) is 0.961. The highest BCUT2D eigenvalue weighted by Gasteiger charge is 2.10. The molecule has 0 fully saturated rings. The quantitative estimate of drug-likeness (QED) is 0.513. The summed E-state index contributed by atoms with van der Waals surface area (Å²) in [5.41, 5.74) is 0. The van der Waals surface area contributed by atoms with Gasteiger partial charge in [-0.25, -0.2) is 0 Å². The van der Waals surface area contributed by atoms with Crippen LogP contribution < -0.4 is 0 Å².